The van der Waals surface area contributed by atoms with Crippen LogP contribution in [0.25, 0.3) is 0 Å². The fourth-order valence-electron chi connectivity index (χ4n) is 3.03. The number of nitrogens with zero attached hydrogens (tertiary/aromatic N) is 1. The number of benzene rings is 1. The number of piperidine rings is 1. The predicted molar refractivity (Wildman–Crippen MR) is 104 cm³/mol. The first kappa shape index (κ1) is 20.7. The number of hydrogen-bond donors (Lipinski definition) is 3. The summed E-state index contributed by atoms with van der Waals surface area (Å²) >= 11 is 0. The van der Waals surface area contributed by atoms with Crippen molar-refractivity contribution in [1.29, 1.82) is 0 Å². The highest BCUT2D eigenvalue weighted by Gasteiger charge is 2.28. The van der Waals surface area contributed by atoms with Crippen LogP contribution in [0.2, 0.25) is 0 Å². The van der Waals surface area contributed by atoms with Crippen LogP contribution >= 0.6 is 0 Å². The third-order valence-electron chi connectivity index (χ3n) is 4.59. The zero-order valence-corrected chi connectivity index (χ0v) is 16.0. The molecule has 1 atom stereocenters. The van der Waals surface area contributed by atoms with E-state index < -0.39 is 5.97 Å². The van der Waals surface area contributed by atoms with E-state index in [0.717, 1.165) is 18.4 Å². The van der Waals surface area contributed by atoms with Gasteiger partial charge in [0, 0.05) is 31.7 Å². The number of urea groups is 1. The first-order chi connectivity index (χ1) is 12.8. The SMILES string of the molecule is CC(C)CNC(=O)N1CCCC(C(=O)Nc2ccc(CCC(=O)O)cc2)C1. The van der Waals surface area contributed by atoms with Gasteiger partial charge in [-0.25, -0.2) is 4.79 Å². The number of carboxylic acid groups (broad SMARTS) is 1. The molecule has 1 aromatic carbocycles. The molecule has 27 heavy (non-hydrogen) atoms. The standard InChI is InChI=1S/C20H29N3O4/c1-14(2)12-21-20(27)23-11-3-4-16(13-23)19(26)22-17-8-5-15(6-9-17)7-10-18(24)25/h5-6,8-9,14,16H,3-4,7,10-13H2,1-2H3,(H,21,27)(H,22,26)(H,24,25). The van der Waals surface area contributed by atoms with Crippen LogP contribution < -0.4 is 10.6 Å². The van der Waals surface area contributed by atoms with Gasteiger partial charge in [-0.3, -0.25) is 9.59 Å². The molecule has 1 fully saturated rings. The minimum absolute atomic E-state index is 0.0858. The third-order valence-corrected chi connectivity index (χ3v) is 4.59. The number of anilines is 1. The molecule has 0 aliphatic carbocycles. The fraction of sp³-hybridized carbons (Fsp3) is 0.550. The van der Waals surface area contributed by atoms with Gasteiger partial charge in [0.05, 0.1) is 5.92 Å². The molecule has 0 bridgehead atoms. The minimum atomic E-state index is -0.827. The Morgan fingerprint density at radius 3 is 2.56 bits per heavy atom. The van der Waals surface area contributed by atoms with E-state index in [9.17, 15) is 14.4 Å². The maximum Gasteiger partial charge on any atom is 0.317 e. The van der Waals surface area contributed by atoms with Crippen molar-refractivity contribution in [2.75, 3.05) is 25.0 Å². The molecule has 3 N–H and O–H groups in total. The van der Waals surface area contributed by atoms with Crippen LogP contribution in [-0.2, 0) is 16.0 Å². The molecule has 1 saturated heterocycles. The number of rotatable bonds is 7. The lowest BCUT2D eigenvalue weighted by molar-refractivity contribution is -0.137. The number of amides is 3. The van der Waals surface area contributed by atoms with E-state index in [-0.39, 0.29) is 24.3 Å². The Hall–Kier alpha value is -2.57. The fourth-order valence-corrected chi connectivity index (χ4v) is 3.03. The largest absolute Gasteiger partial charge is 0.481 e. The predicted octanol–water partition coefficient (Wildman–Crippen LogP) is 2.72. The number of likely N-dealkylation sites (tertiary alicyclic amines) is 1. The second-order valence-corrected chi connectivity index (χ2v) is 7.44. The lowest BCUT2D eigenvalue weighted by atomic mass is 9.97. The van der Waals surface area contributed by atoms with Gasteiger partial charge >= 0.3 is 12.0 Å². The first-order valence-corrected chi connectivity index (χ1v) is 9.49. The highest BCUT2D eigenvalue weighted by Crippen LogP contribution is 2.19. The molecule has 2 rings (SSSR count). The van der Waals surface area contributed by atoms with E-state index in [1.54, 1.807) is 17.0 Å². The average molecular weight is 375 g/mol. The highest BCUT2D eigenvalue weighted by atomic mass is 16.4. The van der Waals surface area contributed by atoms with Gasteiger partial charge in [-0.1, -0.05) is 26.0 Å². The summed E-state index contributed by atoms with van der Waals surface area (Å²) in [6.45, 7) is 5.80. The van der Waals surface area contributed by atoms with E-state index in [2.05, 4.69) is 10.6 Å². The molecule has 0 saturated carbocycles. The smallest absolute Gasteiger partial charge is 0.317 e. The molecule has 0 radical (unpaired) electrons. The Morgan fingerprint density at radius 1 is 1.22 bits per heavy atom. The van der Waals surface area contributed by atoms with Crippen LogP contribution in [-0.4, -0.2) is 47.5 Å². The van der Waals surface area contributed by atoms with Gasteiger partial charge in [0.25, 0.3) is 0 Å². The average Bonchev–Trinajstić information content (AvgIpc) is 2.65. The molecule has 1 aliphatic rings. The third kappa shape index (κ3) is 6.92. The van der Waals surface area contributed by atoms with Gasteiger partial charge in [0.15, 0.2) is 0 Å². The summed E-state index contributed by atoms with van der Waals surface area (Å²) < 4.78 is 0. The lowest BCUT2D eigenvalue weighted by Crippen LogP contribution is -2.48. The number of hydrogen-bond acceptors (Lipinski definition) is 3. The monoisotopic (exact) mass is 375 g/mol. The van der Waals surface area contributed by atoms with Crippen LogP contribution in [0.5, 0.6) is 0 Å². The molecule has 3 amide bonds. The molecule has 7 heteroatoms. The quantitative estimate of drug-likeness (QED) is 0.682. The van der Waals surface area contributed by atoms with Crippen molar-refractivity contribution < 1.29 is 19.5 Å². The Balaban J connectivity index is 1.85. The maximum atomic E-state index is 12.6. The molecular formula is C20H29N3O4. The Labute approximate surface area is 160 Å². The Kier molecular flexibility index (Phi) is 7.64. The first-order valence-electron chi connectivity index (χ1n) is 9.49. The van der Waals surface area contributed by atoms with Gasteiger partial charge in [-0.15, -0.1) is 0 Å². The number of carboxylic acids is 1. The molecular weight excluding hydrogens is 346 g/mol. The maximum absolute atomic E-state index is 12.6. The van der Waals surface area contributed by atoms with Crippen LogP contribution in [0.4, 0.5) is 10.5 Å². The number of carbonyl (C=O) groups is 3. The van der Waals surface area contributed by atoms with E-state index in [4.69, 9.17) is 5.11 Å². The van der Waals surface area contributed by atoms with Gasteiger partial charge < -0.3 is 20.6 Å². The normalized spacial score (nSPS) is 16.9. The van der Waals surface area contributed by atoms with E-state index in [1.165, 1.54) is 0 Å². The Bertz CT molecular complexity index is 658. The van der Waals surface area contributed by atoms with Crippen molar-refractivity contribution in [2.45, 2.75) is 39.5 Å². The molecule has 1 heterocycles. The second-order valence-electron chi connectivity index (χ2n) is 7.44. The summed E-state index contributed by atoms with van der Waals surface area (Å²) in [5.74, 6) is -0.757. The Morgan fingerprint density at radius 2 is 1.93 bits per heavy atom. The zero-order chi connectivity index (χ0) is 19.8. The number of aryl methyl sites for hydroxylation is 1. The molecule has 148 valence electrons. The van der Waals surface area contributed by atoms with Crippen molar-refractivity contribution in [2.24, 2.45) is 11.8 Å². The van der Waals surface area contributed by atoms with Gasteiger partial charge in [0.2, 0.25) is 5.91 Å². The van der Waals surface area contributed by atoms with Gasteiger partial charge in [-0.05, 0) is 42.9 Å². The number of carbonyl (C=O) groups excluding carboxylic acids is 2. The van der Waals surface area contributed by atoms with E-state index >= 15 is 0 Å². The summed E-state index contributed by atoms with van der Waals surface area (Å²) in [5.41, 5.74) is 1.60. The van der Waals surface area contributed by atoms with E-state index in [0.29, 0.717) is 37.7 Å². The molecule has 1 aliphatic heterocycles. The lowest BCUT2D eigenvalue weighted by Gasteiger charge is -2.32. The van der Waals surface area contributed by atoms with Crippen molar-refractivity contribution in [3.05, 3.63) is 29.8 Å². The van der Waals surface area contributed by atoms with Crippen LogP contribution in [0.15, 0.2) is 24.3 Å². The topological polar surface area (TPSA) is 98.7 Å². The molecule has 7 nitrogen and oxygen atoms in total. The highest BCUT2D eigenvalue weighted by molar-refractivity contribution is 5.93. The van der Waals surface area contributed by atoms with Crippen LogP contribution in [0, 0.1) is 11.8 Å². The van der Waals surface area contributed by atoms with Crippen LogP contribution in [0.3, 0.4) is 0 Å². The van der Waals surface area contributed by atoms with Gasteiger partial charge in [-0.2, -0.15) is 0 Å². The minimum Gasteiger partial charge on any atom is -0.481 e. The number of aliphatic carboxylic acids is 1. The summed E-state index contributed by atoms with van der Waals surface area (Å²) in [6, 6.07) is 7.11. The number of nitrogens with one attached hydrogen (secondary N) is 2. The van der Waals surface area contributed by atoms with Crippen LogP contribution in [0.1, 0.15) is 38.7 Å². The molecule has 0 spiro atoms. The van der Waals surface area contributed by atoms with E-state index in [1.807, 2.05) is 26.0 Å². The van der Waals surface area contributed by atoms with Crippen molar-refractivity contribution in [3.63, 3.8) is 0 Å². The second kappa shape index (κ2) is 9.94. The van der Waals surface area contributed by atoms with Gasteiger partial charge in [0.1, 0.15) is 0 Å². The summed E-state index contributed by atoms with van der Waals surface area (Å²) in [7, 11) is 0. The molecule has 0 aromatic heterocycles. The van der Waals surface area contributed by atoms with Crippen molar-refractivity contribution in [1.82, 2.24) is 10.2 Å². The summed E-state index contributed by atoms with van der Waals surface area (Å²) in [4.78, 5) is 37.1. The zero-order valence-electron chi connectivity index (χ0n) is 16.0. The molecule has 1 aromatic rings. The molecule has 1 unspecified atom stereocenters. The summed E-state index contributed by atoms with van der Waals surface area (Å²) in [6.07, 6.45) is 2.12. The summed E-state index contributed by atoms with van der Waals surface area (Å²) in [5, 5.41) is 14.5. The van der Waals surface area contributed by atoms with Crippen molar-refractivity contribution >= 4 is 23.6 Å². The van der Waals surface area contributed by atoms with Crippen molar-refractivity contribution in [3.8, 4) is 0 Å².